The summed E-state index contributed by atoms with van der Waals surface area (Å²) in [6, 6.07) is 3.43. The maximum atomic E-state index is 13.2. The summed E-state index contributed by atoms with van der Waals surface area (Å²) in [5, 5.41) is 11.7. The summed E-state index contributed by atoms with van der Waals surface area (Å²) in [5.74, 6) is -1.81. The van der Waals surface area contributed by atoms with Crippen molar-refractivity contribution in [3.05, 3.63) is 40.8 Å². The molecule has 0 radical (unpaired) electrons. The molecule has 0 aromatic heterocycles. The summed E-state index contributed by atoms with van der Waals surface area (Å²) >= 11 is 0. The van der Waals surface area contributed by atoms with Gasteiger partial charge in [0.25, 0.3) is 5.91 Å². The maximum absolute atomic E-state index is 13.2. The molecule has 1 amide bonds. The number of β-amino-alcohol motifs (C(OH)–C–C–N with tert-alkyl or cyclic N) is 1. The first-order valence-electron chi connectivity index (χ1n) is 6.75. The van der Waals surface area contributed by atoms with Crippen molar-refractivity contribution in [2.75, 3.05) is 32.1 Å². The summed E-state index contributed by atoms with van der Waals surface area (Å²) in [4.78, 5) is 36.4. The highest BCUT2D eigenvalue weighted by molar-refractivity contribution is 6.09. The molecule has 0 bridgehead atoms. The van der Waals surface area contributed by atoms with Crippen LogP contribution in [0.4, 0.5) is 10.1 Å². The molecule has 0 atom stereocenters. The van der Waals surface area contributed by atoms with Crippen LogP contribution in [0.1, 0.15) is 10.4 Å². The fourth-order valence-electron chi connectivity index (χ4n) is 2.23. The van der Waals surface area contributed by atoms with Gasteiger partial charge in [0.15, 0.2) is 6.29 Å². The van der Waals surface area contributed by atoms with E-state index < -0.39 is 17.7 Å². The van der Waals surface area contributed by atoms with E-state index in [1.807, 2.05) is 0 Å². The van der Waals surface area contributed by atoms with Gasteiger partial charge in [-0.25, -0.2) is 9.18 Å². The van der Waals surface area contributed by atoms with E-state index in [0.717, 1.165) is 12.1 Å². The van der Waals surface area contributed by atoms with Crippen LogP contribution in [0.2, 0.25) is 0 Å². The third-order valence-corrected chi connectivity index (χ3v) is 3.35. The molecule has 1 aromatic carbocycles. The second-order valence-corrected chi connectivity index (χ2v) is 4.77. The van der Waals surface area contributed by atoms with Crippen molar-refractivity contribution in [2.45, 2.75) is 0 Å². The zero-order valence-corrected chi connectivity index (χ0v) is 12.3. The molecule has 1 aliphatic rings. The van der Waals surface area contributed by atoms with Crippen molar-refractivity contribution in [1.29, 1.82) is 0 Å². The van der Waals surface area contributed by atoms with Crippen LogP contribution in [0, 0.1) is 5.82 Å². The number of halogens is 1. The minimum absolute atomic E-state index is 0.00937. The lowest BCUT2D eigenvalue weighted by atomic mass is 10.1. The van der Waals surface area contributed by atoms with Crippen molar-refractivity contribution in [3.63, 3.8) is 0 Å². The van der Waals surface area contributed by atoms with Gasteiger partial charge in [-0.3, -0.25) is 9.59 Å². The van der Waals surface area contributed by atoms with Gasteiger partial charge in [0, 0.05) is 17.8 Å². The maximum Gasteiger partial charge on any atom is 0.337 e. The van der Waals surface area contributed by atoms with Gasteiger partial charge in [-0.1, -0.05) is 0 Å². The average Bonchev–Trinajstić information content (AvgIpc) is 2.85. The van der Waals surface area contributed by atoms with Crippen LogP contribution in [-0.2, 0) is 14.3 Å². The van der Waals surface area contributed by atoms with E-state index in [1.165, 1.54) is 18.1 Å². The van der Waals surface area contributed by atoms with Crippen LogP contribution in [-0.4, -0.2) is 55.0 Å². The quantitative estimate of drug-likeness (QED) is 0.578. The van der Waals surface area contributed by atoms with Crippen molar-refractivity contribution >= 4 is 23.9 Å². The highest BCUT2D eigenvalue weighted by atomic mass is 19.1. The van der Waals surface area contributed by atoms with Crippen molar-refractivity contribution in [3.8, 4) is 0 Å². The first-order valence-corrected chi connectivity index (χ1v) is 6.75. The topological polar surface area (TPSA) is 95.9 Å². The third-order valence-electron chi connectivity index (χ3n) is 3.35. The number of esters is 1. The lowest BCUT2D eigenvalue weighted by molar-refractivity contribution is -0.136. The average molecular weight is 322 g/mol. The number of aliphatic hydroxyl groups excluding tert-OH is 1. The number of aldehydes is 1. The minimum atomic E-state index is -0.698. The van der Waals surface area contributed by atoms with Crippen LogP contribution in [0.15, 0.2) is 29.5 Å². The second kappa shape index (κ2) is 7.01. The Morgan fingerprint density at radius 1 is 1.52 bits per heavy atom. The standard InChI is InChI=1S/C15H15FN2O5/c1-23-15(22)11-7-18(4-5-19)14(21)13(11)17-12-3-2-10(16)6-9(12)8-20/h2-3,6,8,17,19H,4-5,7H2,1H3. The van der Waals surface area contributed by atoms with Crippen LogP contribution < -0.4 is 5.32 Å². The molecule has 0 saturated carbocycles. The first-order chi connectivity index (χ1) is 11.0. The fourth-order valence-corrected chi connectivity index (χ4v) is 2.23. The molecular weight excluding hydrogens is 307 g/mol. The van der Waals surface area contributed by atoms with Crippen LogP contribution in [0.25, 0.3) is 0 Å². The number of rotatable bonds is 6. The molecule has 7 nitrogen and oxygen atoms in total. The fraction of sp³-hybridized carbons (Fsp3) is 0.267. The van der Waals surface area contributed by atoms with E-state index in [2.05, 4.69) is 10.1 Å². The molecule has 8 heteroatoms. The van der Waals surface area contributed by atoms with Crippen LogP contribution in [0.5, 0.6) is 0 Å². The predicted molar refractivity (Wildman–Crippen MR) is 78.1 cm³/mol. The molecule has 0 spiro atoms. The van der Waals surface area contributed by atoms with Crippen molar-refractivity contribution < 1.29 is 28.6 Å². The Kier molecular flexibility index (Phi) is 5.07. The molecule has 23 heavy (non-hydrogen) atoms. The number of amides is 1. The molecule has 1 heterocycles. The summed E-state index contributed by atoms with van der Waals surface area (Å²) in [6.45, 7) is -0.232. The Balaban J connectivity index is 2.39. The molecule has 1 aromatic rings. The number of nitrogens with zero attached hydrogens (tertiary/aromatic N) is 1. The van der Waals surface area contributed by atoms with Gasteiger partial charge < -0.3 is 20.1 Å². The lowest BCUT2D eigenvalue weighted by Gasteiger charge is -2.15. The first kappa shape index (κ1) is 16.6. The van der Waals surface area contributed by atoms with Crippen molar-refractivity contribution in [2.24, 2.45) is 0 Å². The summed E-state index contributed by atoms with van der Waals surface area (Å²) in [7, 11) is 1.18. The van der Waals surface area contributed by atoms with E-state index in [9.17, 15) is 18.8 Å². The number of hydrogen-bond acceptors (Lipinski definition) is 6. The Labute approximate surface area is 131 Å². The number of methoxy groups -OCH3 is 1. The monoisotopic (exact) mass is 322 g/mol. The summed E-state index contributed by atoms with van der Waals surface area (Å²) in [6.07, 6.45) is 0.439. The van der Waals surface area contributed by atoms with Gasteiger partial charge >= 0.3 is 5.97 Å². The smallest absolute Gasteiger partial charge is 0.337 e. The van der Waals surface area contributed by atoms with Crippen LogP contribution >= 0.6 is 0 Å². The number of hydrogen-bond donors (Lipinski definition) is 2. The van der Waals surface area contributed by atoms with Crippen molar-refractivity contribution in [1.82, 2.24) is 4.90 Å². The normalized spacial score (nSPS) is 14.2. The van der Waals surface area contributed by atoms with Gasteiger partial charge in [-0.2, -0.15) is 0 Å². The Bertz CT molecular complexity index is 686. The third kappa shape index (κ3) is 3.37. The zero-order chi connectivity index (χ0) is 17.0. The Morgan fingerprint density at radius 3 is 2.87 bits per heavy atom. The molecule has 122 valence electrons. The number of carbonyl (C=O) groups excluding carboxylic acids is 3. The lowest BCUT2D eigenvalue weighted by Crippen LogP contribution is -2.31. The number of benzene rings is 1. The molecule has 2 rings (SSSR count). The van der Waals surface area contributed by atoms with E-state index in [-0.39, 0.29) is 42.2 Å². The van der Waals surface area contributed by atoms with E-state index in [0.29, 0.717) is 6.29 Å². The van der Waals surface area contributed by atoms with Gasteiger partial charge in [-0.15, -0.1) is 0 Å². The predicted octanol–water partition coefficient (Wildman–Crippen LogP) is 0.312. The largest absolute Gasteiger partial charge is 0.466 e. The second-order valence-electron chi connectivity index (χ2n) is 4.77. The number of ether oxygens (including phenoxy) is 1. The molecule has 0 saturated heterocycles. The van der Waals surface area contributed by atoms with E-state index in [4.69, 9.17) is 5.11 Å². The van der Waals surface area contributed by atoms with Crippen LogP contribution in [0.3, 0.4) is 0 Å². The number of anilines is 1. The highest BCUT2D eigenvalue weighted by Crippen LogP contribution is 2.24. The number of nitrogens with one attached hydrogen (secondary N) is 1. The zero-order valence-electron chi connectivity index (χ0n) is 12.3. The summed E-state index contributed by atoms with van der Waals surface area (Å²) < 4.78 is 17.8. The molecule has 0 unspecified atom stereocenters. The van der Waals surface area contributed by atoms with Gasteiger partial charge in [-0.05, 0) is 18.2 Å². The SMILES string of the molecule is COC(=O)C1=C(Nc2ccc(F)cc2C=O)C(=O)N(CCO)C1. The Hall–Kier alpha value is -2.74. The van der Waals surface area contributed by atoms with E-state index >= 15 is 0 Å². The van der Waals surface area contributed by atoms with Gasteiger partial charge in [0.2, 0.25) is 0 Å². The summed E-state index contributed by atoms with van der Waals surface area (Å²) in [5.41, 5.74) is 0.222. The molecular formula is C15H15FN2O5. The minimum Gasteiger partial charge on any atom is -0.466 e. The van der Waals surface area contributed by atoms with E-state index in [1.54, 1.807) is 0 Å². The molecule has 0 aliphatic carbocycles. The van der Waals surface area contributed by atoms with Gasteiger partial charge in [0.05, 0.1) is 25.8 Å². The van der Waals surface area contributed by atoms with Gasteiger partial charge in [0.1, 0.15) is 11.5 Å². The Morgan fingerprint density at radius 2 is 2.26 bits per heavy atom. The molecule has 0 fully saturated rings. The number of aliphatic hydroxyl groups is 1. The number of carbonyl (C=O) groups is 3. The molecule has 1 aliphatic heterocycles. The molecule has 2 N–H and O–H groups in total. The highest BCUT2D eigenvalue weighted by Gasteiger charge is 2.34.